The van der Waals surface area contributed by atoms with Crippen LogP contribution < -0.4 is 15.8 Å². The molecule has 0 aliphatic carbocycles. The Balaban J connectivity index is 1.63. The first-order valence-corrected chi connectivity index (χ1v) is 8.88. The number of H-pyrrole nitrogens is 1. The quantitative estimate of drug-likeness (QED) is 0.834. The van der Waals surface area contributed by atoms with Crippen molar-refractivity contribution in [2.24, 2.45) is 0 Å². The number of carbonyl (C=O) groups excluding carboxylic acids is 1. The van der Waals surface area contributed by atoms with E-state index in [4.69, 9.17) is 16.3 Å². The molecule has 0 atom stereocenters. The molecule has 1 amide bonds. The first-order chi connectivity index (χ1) is 12.5. The molecule has 1 aromatic heterocycles. The molecule has 0 radical (unpaired) electrons. The Kier molecular flexibility index (Phi) is 5.90. The molecule has 1 aliphatic rings. The standard InChI is InChI=1S/C18H21ClN4O3/c1-12-15(6-7-16(24)21-14-4-2-13(19)3-5-14)17(25)22-18(20-12)23-8-10-26-11-9-23/h2-5H,6-11H2,1H3,(H,21,24)(H,20,22,25). The normalized spacial score (nSPS) is 14.3. The van der Waals surface area contributed by atoms with Gasteiger partial charge in [-0.1, -0.05) is 11.6 Å². The molecule has 2 heterocycles. The second kappa shape index (κ2) is 8.33. The molecule has 0 spiro atoms. The van der Waals surface area contributed by atoms with E-state index in [0.717, 1.165) is 0 Å². The molecule has 3 rings (SSSR count). The number of amides is 1. The fourth-order valence-electron chi connectivity index (χ4n) is 2.81. The van der Waals surface area contributed by atoms with Crippen LogP contribution in [0, 0.1) is 6.92 Å². The van der Waals surface area contributed by atoms with Crippen LogP contribution in [0.1, 0.15) is 17.7 Å². The average molecular weight is 377 g/mol. The summed E-state index contributed by atoms with van der Waals surface area (Å²) in [4.78, 5) is 33.8. The minimum atomic E-state index is -0.196. The molecule has 7 nitrogen and oxygen atoms in total. The van der Waals surface area contributed by atoms with Crippen molar-refractivity contribution in [3.8, 4) is 0 Å². The van der Waals surface area contributed by atoms with Gasteiger partial charge >= 0.3 is 0 Å². The Morgan fingerprint density at radius 3 is 2.65 bits per heavy atom. The van der Waals surface area contributed by atoms with E-state index in [1.54, 1.807) is 31.2 Å². The number of aryl methyl sites for hydroxylation is 1. The van der Waals surface area contributed by atoms with E-state index < -0.39 is 0 Å². The summed E-state index contributed by atoms with van der Waals surface area (Å²) < 4.78 is 5.31. The van der Waals surface area contributed by atoms with Gasteiger partial charge in [0, 0.05) is 41.5 Å². The second-order valence-electron chi connectivity index (χ2n) is 6.11. The summed E-state index contributed by atoms with van der Waals surface area (Å²) in [7, 11) is 0. The van der Waals surface area contributed by atoms with Crippen molar-refractivity contribution >= 4 is 29.1 Å². The molecule has 1 saturated heterocycles. The lowest BCUT2D eigenvalue weighted by Gasteiger charge is -2.27. The number of ether oxygens (including phenoxy) is 1. The van der Waals surface area contributed by atoms with Crippen LogP contribution in [0.15, 0.2) is 29.1 Å². The summed E-state index contributed by atoms with van der Waals surface area (Å²) in [5, 5.41) is 3.40. The Hall–Kier alpha value is -2.38. The van der Waals surface area contributed by atoms with Crippen LogP contribution in [0.25, 0.3) is 0 Å². The molecular formula is C18H21ClN4O3. The van der Waals surface area contributed by atoms with E-state index in [1.165, 1.54) is 0 Å². The lowest BCUT2D eigenvalue weighted by Crippen LogP contribution is -2.38. The number of halogens is 1. The van der Waals surface area contributed by atoms with Crippen LogP contribution in [-0.2, 0) is 16.0 Å². The molecule has 8 heteroatoms. The van der Waals surface area contributed by atoms with Gasteiger partial charge < -0.3 is 15.0 Å². The summed E-state index contributed by atoms with van der Waals surface area (Å²) in [5.41, 5.74) is 1.66. The van der Waals surface area contributed by atoms with Gasteiger partial charge in [0.05, 0.1) is 13.2 Å². The van der Waals surface area contributed by atoms with Gasteiger partial charge in [-0.05, 0) is 37.6 Å². The van der Waals surface area contributed by atoms with Crippen molar-refractivity contribution in [3.63, 3.8) is 0 Å². The van der Waals surface area contributed by atoms with Crippen molar-refractivity contribution in [1.82, 2.24) is 9.97 Å². The van der Waals surface area contributed by atoms with Crippen LogP contribution in [0.5, 0.6) is 0 Å². The first-order valence-electron chi connectivity index (χ1n) is 8.51. The number of aromatic nitrogens is 2. The van der Waals surface area contributed by atoms with E-state index >= 15 is 0 Å². The third kappa shape index (κ3) is 4.62. The van der Waals surface area contributed by atoms with E-state index in [2.05, 4.69) is 15.3 Å². The topological polar surface area (TPSA) is 87.3 Å². The fourth-order valence-corrected chi connectivity index (χ4v) is 2.94. The highest BCUT2D eigenvalue weighted by atomic mass is 35.5. The molecule has 2 N–H and O–H groups in total. The minimum Gasteiger partial charge on any atom is -0.378 e. The molecule has 1 fully saturated rings. The Morgan fingerprint density at radius 2 is 2.00 bits per heavy atom. The maximum Gasteiger partial charge on any atom is 0.255 e. The zero-order valence-corrected chi connectivity index (χ0v) is 15.3. The predicted octanol–water partition coefficient (Wildman–Crippen LogP) is 2.14. The monoisotopic (exact) mass is 376 g/mol. The number of nitrogens with one attached hydrogen (secondary N) is 2. The molecule has 0 bridgehead atoms. The van der Waals surface area contributed by atoms with Crippen LogP contribution >= 0.6 is 11.6 Å². The molecule has 138 valence electrons. The zero-order valence-electron chi connectivity index (χ0n) is 14.5. The smallest absolute Gasteiger partial charge is 0.255 e. The van der Waals surface area contributed by atoms with Gasteiger partial charge in [0.1, 0.15) is 0 Å². The number of rotatable bonds is 5. The van der Waals surface area contributed by atoms with Gasteiger partial charge in [-0.2, -0.15) is 0 Å². The zero-order chi connectivity index (χ0) is 18.5. The summed E-state index contributed by atoms with van der Waals surface area (Å²) in [5.74, 6) is 0.397. The number of aromatic amines is 1. The minimum absolute atomic E-state index is 0.164. The number of hydrogen-bond donors (Lipinski definition) is 2. The highest BCUT2D eigenvalue weighted by Gasteiger charge is 2.16. The van der Waals surface area contributed by atoms with Gasteiger partial charge in [-0.3, -0.25) is 14.6 Å². The van der Waals surface area contributed by atoms with Crippen molar-refractivity contribution < 1.29 is 9.53 Å². The summed E-state index contributed by atoms with van der Waals surface area (Å²) in [6, 6.07) is 6.88. The molecule has 1 aromatic carbocycles. The first kappa shape index (κ1) is 18.4. The second-order valence-corrected chi connectivity index (χ2v) is 6.54. The summed E-state index contributed by atoms with van der Waals surface area (Å²) >= 11 is 5.82. The Bertz CT molecular complexity index is 829. The highest BCUT2D eigenvalue weighted by molar-refractivity contribution is 6.30. The third-order valence-corrected chi connectivity index (χ3v) is 4.50. The lowest BCUT2D eigenvalue weighted by molar-refractivity contribution is -0.116. The molecular weight excluding hydrogens is 356 g/mol. The number of carbonyl (C=O) groups is 1. The Labute approximate surface area is 156 Å². The largest absolute Gasteiger partial charge is 0.378 e. The molecule has 0 saturated carbocycles. The van der Waals surface area contributed by atoms with Crippen LogP contribution in [0.2, 0.25) is 5.02 Å². The van der Waals surface area contributed by atoms with E-state index in [1.807, 2.05) is 4.90 Å². The lowest BCUT2D eigenvalue weighted by atomic mass is 10.1. The average Bonchev–Trinajstić information content (AvgIpc) is 2.63. The van der Waals surface area contributed by atoms with Crippen molar-refractivity contribution in [2.45, 2.75) is 19.8 Å². The maximum atomic E-state index is 12.4. The fraction of sp³-hybridized carbons (Fsp3) is 0.389. The maximum absolute atomic E-state index is 12.4. The summed E-state index contributed by atoms with van der Waals surface area (Å²) in [6.45, 7) is 4.44. The van der Waals surface area contributed by atoms with Crippen LogP contribution in [0.4, 0.5) is 11.6 Å². The van der Waals surface area contributed by atoms with E-state index in [0.29, 0.717) is 60.6 Å². The van der Waals surface area contributed by atoms with Crippen LogP contribution in [-0.4, -0.2) is 42.2 Å². The third-order valence-electron chi connectivity index (χ3n) is 4.25. The van der Waals surface area contributed by atoms with Gasteiger partial charge in [-0.15, -0.1) is 0 Å². The highest BCUT2D eigenvalue weighted by Crippen LogP contribution is 2.14. The molecule has 2 aromatic rings. The van der Waals surface area contributed by atoms with Crippen molar-refractivity contribution in [1.29, 1.82) is 0 Å². The molecule has 26 heavy (non-hydrogen) atoms. The van der Waals surface area contributed by atoms with Crippen molar-refractivity contribution in [3.05, 3.63) is 50.9 Å². The summed E-state index contributed by atoms with van der Waals surface area (Å²) in [6.07, 6.45) is 0.530. The number of nitrogens with zero attached hydrogens (tertiary/aromatic N) is 2. The van der Waals surface area contributed by atoms with E-state index in [9.17, 15) is 9.59 Å². The number of anilines is 2. The molecule has 1 aliphatic heterocycles. The van der Waals surface area contributed by atoms with E-state index in [-0.39, 0.29) is 17.9 Å². The van der Waals surface area contributed by atoms with Gasteiger partial charge in [0.2, 0.25) is 11.9 Å². The number of morpholine rings is 1. The van der Waals surface area contributed by atoms with Crippen molar-refractivity contribution in [2.75, 3.05) is 36.5 Å². The predicted molar refractivity (Wildman–Crippen MR) is 101 cm³/mol. The number of benzene rings is 1. The van der Waals surface area contributed by atoms with Gasteiger partial charge in [0.25, 0.3) is 5.56 Å². The van der Waals surface area contributed by atoms with Gasteiger partial charge in [0.15, 0.2) is 0 Å². The van der Waals surface area contributed by atoms with Crippen LogP contribution in [0.3, 0.4) is 0 Å². The SMILES string of the molecule is Cc1nc(N2CCOCC2)[nH]c(=O)c1CCC(=O)Nc1ccc(Cl)cc1. The Morgan fingerprint density at radius 1 is 1.31 bits per heavy atom. The van der Waals surface area contributed by atoms with Gasteiger partial charge in [-0.25, -0.2) is 4.98 Å². The molecule has 0 unspecified atom stereocenters. The number of hydrogen-bond acceptors (Lipinski definition) is 5.